The summed E-state index contributed by atoms with van der Waals surface area (Å²) in [5.74, 6) is 0. The average Bonchev–Trinajstić information content (AvgIpc) is 2.83. The topological polar surface area (TPSA) is 40.6 Å². The van der Waals surface area contributed by atoms with Crippen LogP contribution in [0.3, 0.4) is 0 Å². The molecule has 0 bridgehead atoms. The summed E-state index contributed by atoms with van der Waals surface area (Å²) in [6.07, 6.45) is 10.3. The van der Waals surface area contributed by atoms with Gasteiger partial charge >= 0.3 is 0 Å². The molecule has 0 amide bonds. The van der Waals surface area contributed by atoms with Crippen LogP contribution in [0.1, 0.15) is 31.2 Å². The lowest BCUT2D eigenvalue weighted by Gasteiger charge is -2.21. The maximum atomic E-state index is 12.8. The Kier molecular flexibility index (Phi) is 7.06. The first kappa shape index (κ1) is 18.7. The van der Waals surface area contributed by atoms with Gasteiger partial charge in [-0.2, -0.15) is 0 Å². The second kappa shape index (κ2) is 9.04. The Balaban J connectivity index is 2.08. The third-order valence-electron chi connectivity index (χ3n) is 4.27. The van der Waals surface area contributed by atoms with Gasteiger partial charge in [0.15, 0.2) is 0 Å². The SMILES string of the molecule is C=CCN(/C=C/CN1CCCCCC1)S(=O)(=O)c1ccc(C)cc1. The predicted octanol–water partition coefficient (Wildman–Crippen LogP) is 3.56. The molecule has 0 spiro atoms. The summed E-state index contributed by atoms with van der Waals surface area (Å²) in [6, 6.07) is 6.95. The Bertz CT molecular complexity index is 642. The molecule has 132 valence electrons. The van der Waals surface area contributed by atoms with Gasteiger partial charge in [-0.05, 0) is 45.0 Å². The van der Waals surface area contributed by atoms with Crippen molar-refractivity contribution in [2.24, 2.45) is 0 Å². The largest absolute Gasteiger partial charge is 0.300 e. The Labute approximate surface area is 146 Å². The van der Waals surface area contributed by atoms with Crippen LogP contribution >= 0.6 is 0 Å². The Hall–Kier alpha value is -1.59. The van der Waals surface area contributed by atoms with Crippen molar-refractivity contribution < 1.29 is 8.42 Å². The summed E-state index contributed by atoms with van der Waals surface area (Å²) in [6.45, 7) is 8.87. The van der Waals surface area contributed by atoms with E-state index in [4.69, 9.17) is 0 Å². The van der Waals surface area contributed by atoms with Crippen LogP contribution in [0.25, 0.3) is 0 Å². The van der Waals surface area contributed by atoms with E-state index in [1.807, 2.05) is 25.1 Å². The third kappa shape index (κ3) is 5.21. The molecule has 4 nitrogen and oxygen atoms in total. The number of likely N-dealkylation sites (tertiary alicyclic amines) is 1. The molecule has 1 aromatic carbocycles. The van der Waals surface area contributed by atoms with Crippen molar-refractivity contribution >= 4 is 10.0 Å². The molecule has 0 radical (unpaired) electrons. The smallest absolute Gasteiger partial charge is 0.264 e. The highest BCUT2D eigenvalue weighted by atomic mass is 32.2. The predicted molar refractivity (Wildman–Crippen MR) is 99.3 cm³/mol. The first-order chi connectivity index (χ1) is 11.5. The minimum atomic E-state index is -3.53. The second-order valence-electron chi connectivity index (χ2n) is 6.28. The Morgan fingerprint density at radius 1 is 1.12 bits per heavy atom. The quantitative estimate of drug-likeness (QED) is 0.708. The highest BCUT2D eigenvalue weighted by Crippen LogP contribution is 2.17. The van der Waals surface area contributed by atoms with E-state index in [1.54, 1.807) is 24.4 Å². The fourth-order valence-electron chi connectivity index (χ4n) is 2.84. The zero-order valence-corrected chi connectivity index (χ0v) is 15.3. The molecule has 1 heterocycles. The second-order valence-corrected chi connectivity index (χ2v) is 8.17. The van der Waals surface area contributed by atoms with Gasteiger partial charge in [-0.15, -0.1) is 6.58 Å². The molecular formula is C19H28N2O2S. The Morgan fingerprint density at radius 2 is 1.75 bits per heavy atom. The van der Waals surface area contributed by atoms with Crippen LogP contribution < -0.4 is 0 Å². The Morgan fingerprint density at radius 3 is 2.33 bits per heavy atom. The lowest BCUT2D eigenvalue weighted by molar-refractivity contribution is 0.315. The van der Waals surface area contributed by atoms with Crippen molar-refractivity contribution in [3.8, 4) is 0 Å². The molecule has 0 N–H and O–H groups in total. The van der Waals surface area contributed by atoms with Gasteiger partial charge in [0.1, 0.15) is 0 Å². The van der Waals surface area contributed by atoms with Crippen molar-refractivity contribution in [1.82, 2.24) is 9.21 Å². The number of aryl methyl sites for hydroxylation is 1. The summed E-state index contributed by atoms with van der Waals surface area (Å²) in [5.41, 5.74) is 1.04. The molecule has 1 aliphatic rings. The van der Waals surface area contributed by atoms with Crippen LogP contribution in [-0.4, -0.2) is 43.8 Å². The maximum absolute atomic E-state index is 12.8. The van der Waals surface area contributed by atoms with E-state index in [0.717, 1.165) is 25.2 Å². The summed E-state index contributed by atoms with van der Waals surface area (Å²) in [4.78, 5) is 2.70. The highest BCUT2D eigenvalue weighted by molar-refractivity contribution is 7.89. The summed E-state index contributed by atoms with van der Waals surface area (Å²) < 4.78 is 26.9. The minimum absolute atomic E-state index is 0.271. The molecule has 5 heteroatoms. The fourth-order valence-corrected chi connectivity index (χ4v) is 4.14. The lowest BCUT2D eigenvalue weighted by Crippen LogP contribution is -2.28. The molecule has 1 aromatic rings. The van der Waals surface area contributed by atoms with Gasteiger partial charge in [-0.3, -0.25) is 9.21 Å². The molecule has 1 saturated heterocycles. The molecule has 0 aliphatic carbocycles. The van der Waals surface area contributed by atoms with Crippen molar-refractivity contribution in [3.63, 3.8) is 0 Å². The maximum Gasteiger partial charge on any atom is 0.264 e. The molecule has 0 unspecified atom stereocenters. The average molecular weight is 349 g/mol. The van der Waals surface area contributed by atoms with E-state index >= 15 is 0 Å². The molecule has 0 aromatic heterocycles. The van der Waals surface area contributed by atoms with Gasteiger partial charge in [0.25, 0.3) is 10.0 Å². The highest BCUT2D eigenvalue weighted by Gasteiger charge is 2.20. The molecule has 24 heavy (non-hydrogen) atoms. The van der Waals surface area contributed by atoms with Crippen LogP contribution in [0.15, 0.2) is 54.1 Å². The summed E-state index contributed by atoms with van der Waals surface area (Å²) in [7, 11) is -3.53. The molecule has 2 rings (SSSR count). The van der Waals surface area contributed by atoms with E-state index in [-0.39, 0.29) is 6.54 Å². The van der Waals surface area contributed by atoms with Gasteiger partial charge in [-0.25, -0.2) is 8.42 Å². The van der Waals surface area contributed by atoms with Crippen LogP contribution in [0.4, 0.5) is 0 Å². The number of benzene rings is 1. The zero-order valence-electron chi connectivity index (χ0n) is 14.5. The van der Waals surface area contributed by atoms with E-state index < -0.39 is 10.0 Å². The van der Waals surface area contributed by atoms with Crippen LogP contribution in [-0.2, 0) is 10.0 Å². The van der Waals surface area contributed by atoms with Gasteiger partial charge in [-0.1, -0.05) is 42.7 Å². The number of rotatable bonds is 7. The van der Waals surface area contributed by atoms with Crippen molar-refractivity contribution in [2.75, 3.05) is 26.2 Å². The summed E-state index contributed by atoms with van der Waals surface area (Å²) in [5, 5.41) is 0. The minimum Gasteiger partial charge on any atom is -0.300 e. The van der Waals surface area contributed by atoms with Crippen LogP contribution in [0.5, 0.6) is 0 Å². The van der Waals surface area contributed by atoms with Gasteiger partial charge < -0.3 is 0 Å². The zero-order chi connectivity index (χ0) is 17.4. The summed E-state index contributed by atoms with van der Waals surface area (Å²) >= 11 is 0. The van der Waals surface area contributed by atoms with Crippen molar-refractivity contribution in [1.29, 1.82) is 0 Å². The molecular weight excluding hydrogens is 320 g/mol. The monoisotopic (exact) mass is 348 g/mol. The van der Waals surface area contributed by atoms with Crippen LogP contribution in [0, 0.1) is 6.92 Å². The van der Waals surface area contributed by atoms with E-state index in [9.17, 15) is 8.42 Å². The number of hydrogen-bond acceptors (Lipinski definition) is 3. The number of nitrogens with zero attached hydrogens (tertiary/aromatic N) is 2. The molecule has 1 aliphatic heterocycles. The first-order valence-corrected chi connectivity index (χ1v) is 10.1. The van der Waals surface area contributed by atoms with Crippen molar-refractivity contribution in [2.45, 2.75) is 37.5 Å². The van der Waals surface area contributed by atoms with Gasteiger partial charge in [0.05, 0.1) is 11.4 Å². The van der Waals surface area contributed by atoms with Crippen LogP contribution in [0.2, 0.25) is 0 Å². The van der Waals surface area contributed by atoms with E-state index in [2.05, 4.69) is 11.5 Å². The fraction of sp³-hybridized carbons (Fsp3) is 0.474. The number of sulfonamides is 1. The van der Waals surface area contributed by atoms with Crippen molar-refractivity contribution in [3.05, 3.63) is 54.8 Å². The first-order valence-electron chi connectivity index (χ1n) is 8.62. The van der Waals surface area contributed by atoms with Gasteiger partial charge in [0, 0.05) is 12.7 Å². The number of hydrogen-bond donors (Lipinski definition) is 0. The molecule has 0 atom stereocenters. The van der Waals surface area contributed by atoms with E-state index in [0.29, 0.717) is 4.90 Å². The molecule has 1 fully saturated rings. The van der Waals surface area contributed by atoms with Gasteiger partial charge in [0.2, 0.25) is 0 Å². The van der Waals surface area contributed by atoms with E-state index in [1.165, 1.54) is 30.0 Å². The normalized spacial score (nSPS) is 16.9. The lowest BCUT2D eigenvalue weighted by atomic mass is 10.2. The third-order valence-corrected chi connectivity index (χ3v) is 6.03. The molecule has 0 saturated carbocycles. The standard InChI is InChI=1S/C19H28N2O2S/c1-3-13-21(17-8-16-20-14-6-4-5-7-15-20)24(22,23)19-11-9-18(2)10-12-19/h3,8-12,17H,1,4-7,13-16H2,2H3/b17-8+.